The van der Waals surface area contributed by atoms with Crippen LogP contribution in [0.15, 0.2) is 18.2 Å². The average Bonchev–Trinajstić information content (AvgIpc) is 2.46. The Hall–Kier alpha value is -0.680. The van der Waals surface area contributed by atoms with Crippen molar-refractivity contribution in [1.29, 1.82) is 0 Å². The molecule has 1 saturated heterocycles. The Bertz CT molecular complexity index is 465. The lowest BCUT2D eigenvalue weighted by atomic mass is 10.0. The minimum absolute atomic E-state index is 0.111. The molecule has 1 heterocycles. The zero-order valence-electron chi connectivity index (χ0n) is 11.0. The first kappa shape index (κ1) is 14.7. The Kier molecular flexibility index (Phi) is 5.16. The number of carbonyl (C=O) groups is 1. The molecule has 5 heteroatoms. The standard InChI is InChI=1S/C14H17FO2S2/c1-3-11-14(19-8-7-18-11)13(16)9-5-4-6-10(17-2)12(9)15/h4-6,11,14H,3,7-8H2,1-2H3. The number of rotatable bonds is 4. The van der Waals surface area contributed by atoms with E-state index in [2.05, 4.69) is 6.92 Å². The number of carbonyl (C=O) groups excluding carboxylic acids is 1. The Morgan fingerprint density at radius 3 is 2.84 bits per heavy atom. The summed E-state index contributed by atoms with van der Waals surface area (Å²) in [7, 11) is 1.41. The lowest BCUT2D eigenvalue weighted by Gasteiger charge is -2.28. The Balaban J connectivity index is 2.28. The van der Waals surface area contributed by atoms with Crippen molar-refractivity contribution in [1.82, 2.24) is 0 Å². The molecule has 0 amide bonds. The Labute approximate surface area is 121 Å². The van der Waals surface area contributed by atoms with Gasteiger partial charge in [-0.1, -0.05) is 13.0 Å². The summed E-state index contributed by atoms with van der Waals surface area (Å²) in [5.74, 6) is 1.49. The van der Waals surface area contributed by atoms with Gasteiger partial charge in [-0.3, -0.25) is 4.79 Å². The smallest absolute Gasteiger partial charge is 0.180 e. The van der Waals surface area contributed by atoms with Crippen molar-refractivity contribution in [3.8, 4) is 5.75 Å². The van der Waals surface area contributed by atoms with E-state index in [1.165, 1.54) is 13.2 Å². The van der Waals surface area contributed by atoms with Gasteiger partial charge in [0.15, 0.2) is 17.3 Å². The number of hydrogen-bond acceptors (Lipinski definition) is 4. The summed E-state index contributed by atoms with van der Waals surface area (Å²) in [6.45, 7) is 2.08. The van der Waals surface area contributed by atoms with Crippen LogP contribution in [0.25, 0.3) is 0 Å². The van der Waals surface area contributed by atoms with Crippen LogP contribution in [0.3, 0.4) is 0 Å². The predicted octanol–water partition coefficient (Wildman–Crippen LogP) is 3.64. The van der Waals surface area contributed by atoms with Gasteiger partial charge in [0.1, 0.15) is 0 Å². The second-order valence-corrected chi connectivity index (χ2v) is 6.89. The number of thioether (sulfide) groups is 2. The van der Waals surface area contributed by atoms with Crippen molar-refractivity contribution < 1.29 is 13.9 Å². The molecule has 0 radical (unpaired) electrons. The van der Waals surface area contributed by atoms with Crippen LogP contribution in [-0.2, 0) is 0 Å². The van der Waals surface area contributed by atoms with E-state index in [0.29, 0.717) is 0 Å². The predicted molar refractivity (Wildman–Crippen MR) is 80.1 cm³/mol. The highest BCUT2D eigenvalue weighted by Gasteiger charge is 2.33. The van der Waals surface area contributed by atoms with E-state index in [1.54, 1.807) is 23.9 Å². The molecule has 2 atom stereocenters. The number of methoxy groups -OCH3 is 1. The lowest BCUT2D eigenvalue weighted by molar-refractivity contribution is 0.0983. The van der Waals surface area contributed by atoms with Gasteiger partial charge < -0.3 is 4.74 Å². The second-order valence-electron chi connectivity index (χ2n) is 4.29. The molecule has 1 aromatic rings. The maximum absolute atomic E-state index is 14.1. The van der Waals surface area contributed by atoms with Crippen molar-refractivity contribution in [2.45, 2.75) is 23.8 Å². The Morgan fingerprint density at radius 2 is 2.16 bits per heavy atom. The largest absolute Gasteiger partial charge is 0.494 e. The fourth-order valence-corrected chi connectivity index (χ4v) is 5.18. The zero-order valence-corrected chi connectivity index (χ0v) is 12.7. The van der Waals surface area contributed by atoms with E-state index in [0.717, 1.165) is 17.9 Å². The maximum Gasteiger partial charge on any atom is 0.180 e. The van der Waals surface area contributed by atoms with Crippen LogP contribution in [0.2, 0.25) is 0 Å². The number of halogens is 1. The number of ketones is 1. The molecule has 1 aliphatic heterocycles. The van der Waals surface area contributed by atoms with Gasteiger partial charge in [-0.05, 0) is 18.6 Å². The number of Topliss-reactive ketones (excluding diaryl/α,β-unsaturated/α-hetero) is 1. The van der Waals surface area contributed by atoms with Gasteiger partial charge in [-0.25, -0.2) is 4.39 Å². The fraction of sp³-hybridized carbons (Fsp3) is 0.500. The van der Waals surface area contributed by atoms with Crippen LogP contribution >= 0.6 is 23.5 Å². The second kappa shape index (κ2) is 6.66. The molecule has 0 aliphatic carbocycles. The van der Waals surface area contributed by atoms with E-state index in [1.807, 2.05) is 11.8 Å². The molecular weight excluding hydrogens is 283 g/mol. The fourth-order valence-electron chi connectivity index (χ4n) is 2.16. The molecule has 1 aliphatic rings. The third kappa shape index (κ3) is 3.08. The molecule has 0 aromatic heterocycles. The minimum atomic E-state index is -0.541. The molecule has 1 aromatic carbocycles. The first-order valence-electron chi connectivity index (χ1n) is 6.29. The molecule has 2 unspecified atom stereocenters. The summed E-state index contributed by atoms with van der Waals surface area (Å²) in [5, 5.41) is 0.127. The van der Waals surface area contributed by atoms with Crippen molar-refractivity contribution in [3.63, 3.8) is 0 Å². The summed E-state index contributed by atoms with van der Waals surface area (Å²) >= 11 is 3.46. The normalized spacial score (nSPS) is 23.1. The summed E-state index contributed by atoms with van der Waals surface area (Å²) in [4.78, 5) is 12.5. The summed E-state index contributed by atoms with van der Waals surface area (Å²) in [6, 6.07) is 4.75. The van der Waals surface area contributed by atoms with Crippen molar-refractivity contribution in [3.05, 3.63) is 29.6 Å². The number of ether oxygens (including phenoxy) is 1. The van der Waals surface area contributed by atoms with Crippen molar-refractivity contribution in [2.24, 2.45) is 0 Å². The van der Waals surface area contributed by atoms with Gasteiger partial charge in [0.25, 0.3) is 0 Å². The van der Waals surface area contributed by atoms with Gasteiger partial charge in [0, 0.05) is 16.8 Å². The SMILES string of the molecule is CCC1SCCSC1C(=O)c1cccc(OC)c1F. The molecule has 2 nitrogen and oxygen atoms in total. The van der Waals surface area contributed by atoms with E-state index >= 15 is 0 Å². The van der Waals surface area contributed by atoms with Gasteiger partial charge in [-0.15, -0.1) is 11.8 Å². The molecule has 0 bridgehead atoms. The zero-order chi connectivity index (χ0) is 13.8. The minimum Gasteiger partial charge on any atom is -0.494 e. The third-order valence-electron chi connectivity index (χ3n) is 3.16. The van der Waals surface area contributed by atoms with Gasteiger partial charge in [0.2, 0.25) is 0 Å². The number of benzene rings is 1. The quantitative estimate of drug-likeness (QED) is 0.793. The van der Waals surface area contributed by atoms with Gasteiger partial charge in [-0.2, -0.15) is 11.8 Å². The van der Waals surface area contributed by atoms with Gasteiger partial charge >= 0.3 is 0 Å². The first-order valence-corrected chi connectivity index (χ1v) is 8.38. The molecular formula is C14H17FO2S2. The first-order chi connectivity index (χ1) is 9.19. The van der Waals surface area contributed by atoms with Crippen LogP contribution in [0.4, 0.5) is 4.39 Å². The van der Waals surface area contributed by atoms with Crippen LogP contribution in [-0.4, -0.2) is 34.9 Å². The van der Waals surface area contributed by atoms with E-state index in [9.17, 15) is 9.18 Å². The molecule has 2 rings (SSSR count). The highest BCUT2D eigenvalue weighted by atomic mass is 32.2. The molecule has 0 saturated carbocycles. The monoisotopic (exact) mass is 300 g/mol. The maximum atomic E-state index is 14.1. The Morgan fingerprint density at radius 1 is 1.42 bits per heavy atom. The van der Waals surface area contributed by atoms with E-state index < -0.39 is 5.82 Å². The van der Waals surface area contributed by atoms with Crippen LogP contribution in [0.1, 0.15) is 23.7 Å². The van der Waals surface area contributed by atoms with Crippen molar-refractivity contribution in [2.75, 3.05) is 18.6 Å². The van der Waals surface area contributed by atoms with E-state index in [4.69, 9.17) is 4.74 Å². The summed E-state index contributed by atoms with van der Waals surface area (Å²) in [6.07, 6.45) is 0.930. The summed E-state index contributed by atoms with van der Waals surface area (Å²) < 4.78 is 19.1. The van der Waals surface area contributed by atoms with E-state index in [-0.39, 0.29) is 27.6 Å². The highest BCUT2D eigenvalue weighted by molar-refractivity contribution is 8.07. The van der Waals surface area contributed by atoms with Crippen molar-refractivity contribution >= 4 is 29.3 Å². The van der Waals surface area contributed by atoms with Crippen LogP contribution in [0, 0.1) is 5.82 Å². The topological polar surface area (TPSA) is 26.3 Å². The summed E-state index contributed by atoms with van der Waals surface area (Å²) in [5.41, 5.74) is 0.151. The lowest BCUT2D eigenvalue weighted by Crippen LogP contribution is -2.33. The third-order valence-corrected chi connectivity index (χ3v) is 6.41. The molecule has 19 heavy (non-hydrogen) atoms. The van der Waals surface area contributed by atoms with Crippen LogP contribution < -0.4 is 4.74 Å². The average molecular weight is 300 g/mol. The number of hydrogen-bond donors (Lipinski definition) is 0. The molecule has 1 fully saturated rings. The molecule has 0 spiro atoms. The highest BCUT2D eigenvalue weighted by Crippen LogP contribution is 2.36. The molecule has 104 valence electrons. The van der Waals surface area contributed by atoms with Crippen LogP contribution in [0.5, 0.6) is 5.75 Å². The molecule has 0 N–H and O–H groups in total. The van der Waals surface area contributed by atoms with Gasteiger partial charge in [0.05, 0.1) is 17.9 Å².